The van der Waals surface area contributed by atoms with Crippen molar-refractivity contribution in [2.45, 2.75) is 13.8 Å². The van der Waals surface area contributed by atoms with Gasteiger partial charge < -0.3 is 4.42 Å². The first-order valence-corrected chi connectivity index (χ1v) is 6.74. The number of para-hydroxylation sites is 1. The minimum atomic E-state index is -0.113. The molecule has 0 radical (unpaired) electrons. The van der Waals surface area contributed by atoms with Gasteiger partial charge in [-0.05, 0) is 37.6 Å². The SMILES string of the molecule is Cc1ccc(C)c(C(=O)c2cc3cccc(Cl)c3o2)c1. The van der Waals surface area contributed by atoms with Gasteiger partial charge in [0, 0.05) is 10.9 Å². The predicted octanol–water partition coefficient (Wildman–Crippen LogP) is 4.93. The van der Waals surface area contributed by atoms with Gasteiger partial charge >= 0.3 is 0 Å². The normalized spacial score (nSPS) is 10.9. The lowest BCUT2D eigenvalue weighted by molar-refractivity contribution is 0.101. The van der Waals surface area contributed by atoms with Crippen molar-refractivity contribution in [1.82, 2.24) is 0 Å². The minimum absolute atomic E-state index is 0.113. The van der Waals surface area contributed by atoms with Gasteiger partial charge in [-0.15, -0.1) is 0 Å². The number of rotatable bonds is 2. The van der Waals surface area contributed by atoms with Crippen LogP contribution in [0.15, 0.2) is 46.9 Å². The van der Waals surface area contributed by atoms with Crippen molar-refractivity contribution in [3.8, 4) is 0 Å². The summed E-state index contributed by atoms with van der Waals surface area (Å²) in [6.07, 6.45) is 0. The molecule has 3 rings (SSSR count). The fourth-order valence-corrected chi connectivity index (χ4v) is 2.47. The third kappa shape index (κ3) is 2.12. The molecule has 100 valence electrons. The van der Waals surface area contributed by atoms with Gasteiger partial charge in [0.15, 0.2) is 11.3 Å². The quantitative estimate of drug-likeness (QED) is 0.624. The van der Waals surface area contributed by atoms with Crippen molar-refractivity contribution in [2.75, 3.05) is 0 Å². The molecule has 0 N–H and O–H groups in total. The second-order valence-corrected chi connectivity index (χ2v) is 5.32. The highest BCUT2D eigenvalue weighted by atomic mass is 35.5. The molecule has 0 atom stereocenters. The van der Waals surface area contributed by atoms with E-state index in [-0.39, 0.29) is 5.78 Å². The maximum atomic E-state index is 12.6. The fraction of sp³-hybridized carbons (Fsp3) is 0.118. The van der Waals surface area contributed by atoms with Crippen molar-refractivity contribution in [3.05, 3.63) is 69.9 Å². The third-order valence-electron chi connectivity index (χ3n) is 3.36. The lowest BCUT2D eigenvalue weighted by Crippen LogP contribution is -2.02. The van der Waals surface area contributed by atoms with Gasteiger partial charge in [-0.25, -0.2) is 0 Å². The first kappa shape index (κ1) is 12.9. The molecule has 0 unspecified atom stereocenters. The van der Waals surface area contributed by atoms with E-state index in [2.05, 4.69) is 0 Å². The molecule has 2 nitrogen and oxygen atoms in total. The largest absolute Gasteiger partial charge is 0.451 e. The van der Waals surface area contributed by atoms with Gasteiger partial charge in [0.05, 0.1) is 5.02 Å². The van der Waals surface area contributed by atoms with Crippen LogP contribution in [0.1, 0.15) is 27.2 Å². The Hall–Kier alpha value is -2.06. The lowest BCUT2D eigenvalue weighted by atomic mass is 10.0. The van der Waals surface area contributed by atoms with Crippen LogP contribution >= 0.6 is 11.6 Å². The number of fused-ring (bicyclic) bond motifs is 1. The van der Waals surface area contributed by atoms with Gasteiger partial charge in [-0.1, -0.05) is 41.4 Å². The molecule has 1 heterocycles. The highest BCUT2D eigenvalue weighted by molar-refractivity contribution is 6.35. The summed E-state index contributed by atoms with van der Waals surface area (Å²) in [5.41, 5.74) is 3.21. The van der Waals surface area contributed by atoms with Crippen molar-refractivity contribution < 1.29 is 9.21 Å². The lowest BCUT2D eigenvalue weighted by Gasteiger charge is -2.03. The molecule has 0 aliphatic heterocycles. The van der Waals surface area contributed by atoms with E-state index >= 15 is 0 Å². The molecule has 2 aromatic carbocycles. The molecule has 3 aromatic rings. The van der Waals surface area contributed by atoms with Crippen molar-refractivity contribution >= 4 is 28.4 Å². The van der Waals surface area contributed by atoms with E-state index in [0.717, 1.165) is 16.5 Å². The summed E-state index contributed by atoms with van der Waals surface area (Å²) in [7, 11) is 0. The number of furan rings is 1. The Labute approximate surface area is 122 Å². The van der Waals surface area contributed by atoms with Crippen LogP contribution in [0.5, 0.6) is 0 Å². The van der Waals surface area contributed by atoms with Crippen LogP contribution in [0.2, 0.25) is 5.02 Å². The number of ketones is 1. The van der Waals surface area contributed by atoms with E-state index in [0.29, 0.717) is 21.9 Å². The van der Waals surface area contributed by atoms with E-state index < -0.39 is 0 Å². The molecular weight excluding hydrogens is 272 g/mol. The molecule has 0 saturated heterocycles. The second kappa shape index (κ2) is 4.80. The molecule has 20 heavy (non-hydrogen) atoms. The Kier molecular flexibility index (Phi) is 3.11. The molecule has 0 spiro atoms. The zero-order valence-electron chi connectivity index (χ0n) is 11.2. The zero-order chi connectivity index (χ0) is 14.3. The minimum Gasteiger partial charge on any atom is -0.451 e. The summed E-state index contributed by atoms with van der Waals surface area (Å²) >= 11 is 6.07. The molecule has 0 bridgehead atoms. The van der Waals surface area contributed by atoms with Crippen LogP contribution in [0.3, 0.4) is 0 Å². The number of halogens is 1. The number of carbonyl (C=O) groups is 1. The highest BCUT2D eigenvalue weighted by Gasteiger charge is 2.17. The Morgan fingerprint density at radius 1 is 1.10 bits per heavy atom. The number of carbonyl (C=O) groups excluding carboxylic acids is 1. The fourth-order valence-electron chi connectivity index (χ4n) is 2.25. The van der Waals surface area contributed by atoms with Crippen LogP contribution in [0.25, 0.3) is 11.0 Å². The maximum absolute atomic E-state index is 12.6. The Balaban J connectivity index is 2.13. The summed E-state index contributed by atoms with van der Waals surface area (Å²) in [5, 5.41) is 1.36. The van der Waals surface area contributed by atoms with Crippen LogP contribution in [0, 0.1) is 13.8 Å². The number of hydrogen-bond acceptors (Lipinski definition) is 2. The average Bonchev–Trinajstić information content (AvgIpc) is 2.86. The van der Waals surface area contributed by atoms with Gasteiger partial charge in [0.1, 0.15) is 0 Å². The monoisotopic (exact) mass is 284 g/mol. The van der Waals surface area contributed by atoms with E-state index in [1.54, 1.807) is 12.1 Å². The van der Waals surface area contributed by atoms with Crippen molar-refractivity contribution in [1.29, 1.82) is 0 Å². The predicted molar refractivity (Wildman–Crippen MR) is 80.6 cm³/mol. The number of aryl methyl sites for hydroxylation is 2. The molecule has 0 amide bonds. The van der Waals surface area contributed by atoms with E-state index in [4.69, 9.17) is 16.0 Å². The standard InChI is InChI=1S/C17H13ClO2/c1-10-6-7-11(2)13(8-10)16(19)15-9-12-4-3-5-14(18)17(12)20-15/h3-9H,1-2H3. The molecule has 0 fully saturated rings. The molecular formula is C17H13ClO2. The molecule has 3 heteroatoms. The van der Waals surface area contributed by atoms with Crippen LogP contribution in [-0.4, -0.2) is 5.78 Å². The van der Waals surface area contributed by atoms with E-state index in [1.807, 2.05) is 44.2 Å². The summed E-state index contributed by atoms with van der Waals surface area (Å²) in [4.78, 5) is 12.6. The summed E-state index contributed by atoms with van der Waals surface area (Å²) in [6.45, 7) is 3.88. The van der Waals surface area contributed by atoms with Gasteiger partial charge in [-0.2, -0.15) is 0 Å². The smallest absolute Gasteiger partial charge is 0.228 e. The molecule has 0 saturated carbocycles. The van der Waals surface area contributed by atoms with Gasteiger partial charge in [0.2, 0.25) is 5.78 Å². The summed E-state index contributed by atoms with van der Waals surface area (Å²) in [5.74, 6) is 0.209. The summed E-state index contributed by atoms with van der Waals surface area (Å²) < 4.78 is 5.63. The first-order chi connectivity index (χ1) is 9.56. The maximum Gasteiger partial charge on any atom is 0.228 e. The van der Waals surface area contributed by atoms with E-state index in [9.17, 15) is 4.79 Å². The number of hydrogen-bond donors (Lipinski definition) is 0. The van der Waals surface area contributed by atoms with E-state index in [1.165, 1.54) is 0 Å². The van der Waals surface area contributed by atoms with Crippen LogP contribution in [-0.2, 0) is 0 Å². The Morgan fingerprint density at radius 2 is 1.90 bits per heavy atom. The molecule has 1 aromatic heterocycles. The van der Waals surface area contributed by atoms with Crippen molar-refractivity contribution in [2.24, 2.45) is 0 Å². The number of benzene rings is 2. The van der Waals surface area contributed by atoms with Crippen LogP contribution in [0.4, 0.5) is 0 Å². The highest BCUT2D eigenvalue weighted by Crippen LogP contribution is 2.28. The zero-order valence-corrected chi connectivity index (χ0v) is 12.0. The van der Waals surface area contributed by atoms with Crippen LogP contribution < -0.4 is 0 Å². The molecule has 0 aliphatic carbocycles. The first-order valence-electron chi connectivity index (χ1n) is 6.36. The summed E-state index contributed by atoms with van der Waals surface area (Å²) in [6, 6.07) is 13.0. The van der Waals surface area contributed by atoms with Crippen molar-refractivity contribution in [3.63, 3.8) is 0 Å². The average molecular weight is 285 g/mol. The third-order valence-corrected chi connectivity index (χ3v) is 3.66. The molecule has 0 aliphatic rings. The topological polar surface area (TPSA) is 30.2 Å². The Morgan fingerprint density at radius 3 is 2.65 bits per heavy atom. The Bertz CT molecular complexity index is 815. The van der Waals surface area contributed by atoms with Gasteiger partial charge in [0.25, 0.3) is 0 Å². The second-order valence-electron chi connectivity index (χ2n) is 4.92. The van der Waals surface area contributed by atoms with Gasteiger partial charge in [-0.3, -0.25) is 4.79 Å².